The fourth-order valence-corrected chi connectivity index (χ4v) is 4.05. The van der Waals surface area contributed by atoms with E-state index in [1.54, 1.807) is 0 Å². The molecule has 0 bridgehead atoms. The van der Waals surface area contributed by atoms with Crippen LogP contribution in [-0.4, -0.2) is 54.5 Å². The summed E-state index contributed by atoms with van der Waals surface area (Å²) in [4.78, 5) is 4.67. The Morgan fingerprint density at radius 1 is 1.12 bits per heavy atom. The SMILES string of the molecule is Cc1ccc(CN2CCC[C@@]3(COCCN(c4nnc(C)o4)C3)C2)o1. The third kappa shape index (κ3) is 3.72. The molecular formula is C18H26N4O3. The van der Waals surface area contributed by atoms with Crippen LogP contribution in [0.5, 0.6) is 0 Å². The van der Waals surface area contributed by atoms with Crippen molar-refractivity contribution in [1.82, 2.24) is 15.1 Å². The summed E-state index contributed by atoms with van der Waals surface area (Å²) >= 11 is 0. The summed E-state index contributed by atoms with van der Waals surface area (Å²) in [5, 5.41) is 8.18. The standard InChI is InChI=1S/C18H26N4O3/c1-14-4-5-16(24-14)10-21-7-3-6-18(11-21)12-22(8-9-23-13-18)17-20-19-15(2)25-17/h4-5H,3,6-13H2,1-2H3/t18-/m1/s1. The molecule has 0 aliphatic carbocycles. The molecule has 0 unspecified atom stereocenters. The quantitative estimate of drug-likeness (QED) is 0.845. The summed E-state index contributed by atoms with van der Waals surface area (Å²) < 4.78 is 17.4. The van der Waals surface area contributed by atoms with Gasteiger partial charge in [-0.25, -0.2) is 0 Å². The fourth-order valence-electron chi connectivity index (χ4n) is 4.05. The molecule has 0 aromatic carbocycles. The van der Waals surface area contributed by atoms with E-state index in [1.165, 1.54) is 6.42 Å². The number of piperidine rings is 1. The lowest BCUT2D eigenvalue weighted by molar-refractivity contribution is 0.00862. The molecule has 4 rings (SSSR count). The van der Waals surface area contributed by atoms with Crippen LogP contribution in [0.25, 0.3) is 0 Å². The van der Waals surface area contributed by atoms with Crippen molar-refractivity contribution in [2.75, 3.05) is 44.3 Å². The van der Waals surface area contributed by atoms with Gasteiger partial charge in [-0.1, -0.05) is 5.10 Å². The molecule has 0 saturated carbocycles. The normalized spacial score (nSPS) is 25.4. The largest absolute Gasteiger partial charge is 0.465 e. The fraction of sp³-hybridized carbons (Fsp3) is 0.667. The lowest BCUT2D eigenvalue weighted by Gasteiger charge is -2.43. The number of anilines is 1. The van der Waals surface area contributed by atoms with Gasteiger partial charge in [-0.3, -0.25) is 4.90 Å². The minimum atomic E-state index is 0.0960. The van der Waals surface area contributed by atoms with Crippen molar-refractivity contribution < 1.29 is 13.6 Å². The molecule has 2 aromatic rings. The van der Waals surface area contributed by atoms with Crippen LogP contribution in [0.1, 0.15) is 30.3 Å². The van der Waals surface area contributed by atoms with Crippen LogP contribution in [-0.2, 0) is 11.3 Å². The maximum absolute atomic E-state index is 5.97. The topological polar surface area (TPSA) is 67.8 Å². The van der Waals surface area contributed by atoms with Crippen LogP contribution in [0.2, 0.25) is 0 Å². The lowest BCUT2D eigenvalue weighted by Crippen LogP contribution is -2.50. The van der Waals surface area contributed by atoms with Crippen molar-refractivity contribution in [3.63, 3.8) is 0 Å². The van der Waals surface area contributed by atoms with Gasteiger partial charge in [0, 0.05) is 32.0 Å². The van der Waals surface area contributed by atoms with E-state index in [0.717, 1.165) is 57.3 Å². The average Bonchev–Trinajstić information content (AvgIpc) is 3.14. The lowest BCUT2D eigenvalue weighted by atomic mass is 9.80. The van der Waals surface area contributed by atoms with Gasteiger partial charge in [0.05, 0.1) is 19.8 Å². The van der Waals surface area contributed by atoms with Gasteiger partial charge in [-0.2, -0.15) is 0 Å². The van der Waals surface area contributed by atoms with Gasteiger partial charge >= 0.3 is 6.01 Å². The monoisotopic (exact) mass is 346 g/mol. The second kappa shape index (κ2) is 6.80. The number of aryl methyl sites for hydroxylation is 2. The molecule has 2 saturated heterocycles. The first-order valence-electron chi connectivity index (χ1n) is 9.02. The number of aromatic nitrogens is 2. The third-order valence-electron chi connectivity index (χ3n) is 5.14. The number of furan rings is 1. The molecule has 0 amide bonds. The highest BCUT2D eigenvalue weighted by Crippen LogP contribution is 2.35. The number of rotatable bonds is 3. The van der Waals surface area contributed by atoms with Crippen molar-refractivity contribution >= 4 is 6.01 Å². The highest BCUT2D eigenvalue weighted by Gasteiger charge is 2.40. The Morgan fingerprint density at radius 3 is 2.80 bits per heavy atom. The van der Waals surface area contributed by atoms with E-state index < -0.39 is 0 Å². The Hall–Kier alpha value is -1.86. The molecule has 0 N–H and O–H groups in total. The second-order valence-electron chi connectivity index (χ2n) is 7.40. The first kappa shape index (κ1) is 16.6. The van der Waals surface area contributed by atoms with E-state index in [1.807, 2.05) is 19.9 Å². The summed E-state index contributed by atoms with van der Waals surface area (Å²) in [6.45, 7) is 9.93. The third-order valence-corrected chi connectivity index (χ3v) is 5.14. The van der Waals surface area contributed by atoms with Crippen molar-refractivity contribution in [3.8, 4) is 0 Å². The first-order valence-corrected chi connectivity index (χ1v) is 9.02. The number of hydrogen-bond acceptors (Lipinski definition) is 7. The van der Waals surface area contributed by atoms with Gasteiger partial charge in [-0.15, -0.1) is 5.10 Å². The van der Waals surface area contributed by atoms with Gasteiger partial charge in [0.25, 0.3) is 0 Å². The molecule has 7 nitrogen and oxygen atoms in total. The minimum Gasteiger partial charge on any atom is -0.465 e. The van der Waals surface area contributed by atoms with Gasteiger partial charge in [0.15, 0.2) is 0 Å². The number of ether oxygens (including phenoxy) is 1. The Bertz CT molecular complexity index is 713. The summed E-state index contributed by atoms with van der Waals surface area (Å²) in [6.07, 6.45) is 2.32. The molecule has 136 valence electrons. The highest BCUT2D eigenvalue weighted by atomic mass is 16.5. The summed E-state index contributed by atoms with van der Waals surface area (Å²) in [5.74, 6) is 2.61. The first-order chi connectivity index (χ1) is 12.1. The Morgan fingerprint density at radius 2 is 2.04 bits per heavy atom. The number of hydrogen-bond donors (Lipinski definition) is 0. The van der Waals surface area contributed by atoms with E-state index >= 15 is 0 Å². The maximum Gasteiger partial charge on any atom is 0.318 e. The van der Waals surface area contributed by atoms with Crippen LogP contribution in [0.4, 0.5) is 6.01 Å². The van der Waals surface area contributed by atoms with E-state index in [0.29, 0.717) is 18.5 Å². The minimum absolute atomic E-state index is 0.0960. The zero-order chi connectivity index (χ0) is 17.3. The summed E-state index contributed by atoms with van der Waals surface area (Å²) in [6, 6.07) is 4.72. The molecule has 1 atom stereocenters. The molecule has 25 heavy (non-hydrogen) atoms. The Kier molecular flexibility index (Phi) is 4.52. The van der Waals surface area contributed by atoms with Gasteiger partial charge in [0.2, 0.25) is 5.89 Å². The molecule has 4 heterocycles. The second-order valence-corrected chi connectivity index (χ2v) is 7.40. The zero-order valence-electron chi connectivity index (χ0n) is 15.0. The van der Waals surface area contributed by atoms with Gasteiger partial charge < -0.3 is 18.5 Å². The van der Waals surface area contributed by atoms with E-state index in [-0.39, 0.29) is 5.41 Å². The molecule has 7 heteroatoms. The van der Waals surface area contributed by atoms with E-state index in [2.05, 4.69) is 26.1 Å². The molecule has 2 fully saturated rings. The summed E-state index contributed by atoms with van der Waals surface area (Å²) in [5.41, 5.74) is 0.0960. The highest BCUT2D eigenvalue weighted by molar-refractivity contribution is 5.26. The number of likely N-dealkylation sites (tertiary alicyclic amines) is 1. The van der Waals surface area contributed by atoms with Crippen molar-refractivity contribution in [1.29, 1.82) is 0 Å². The van der Waals surface area contributed by atoms with Crippen LogP contribution in [0.15, 0.2) is 21.0 Å². The maximum atomic E-state index is 5.97. The van der Waals surface area contributed by atoms with Crippen LogP contribution in [0, 0.1) is 19.3 Å². The Balaban J connectivity index is 1.48. The molecule has 0 radical (unpaired) electrons. The average molecular weight is 346 g/mol. The molecular weight excluding hydrogens is 320 g/mol. The molecule has 2 aliphatic rings. The predicted octanol–water partition coefficient (Wildman–Crippen LogP) is 2.40. The van der Waals surface area contributed by atoms with Gasteiger partial charge in [-0.05, 0) is 38.4 Å². The van der Waals surface area contributed by atoms with Crippen molar-refractivity contribution in [2.24, 2.45) is 5.41 Å². The van der Waals surface area contributed by atoms with Crippen molar-refractivity contribution in [2.45, 2.75) is 33.2 Å². The molecule has 2 aliphatic heterocycles. The Labute approximate surface area is 147 Å². The van der Waals surface area contributed by atoms with Crippen molar-refractivity contribution in [3.05, 3.63) is 29.5 Å². The molecule has 1 spiro atoms. The van der Waals surface area contributed by atoms with E-state index in [9.17, 15) is 0 Å². The summed E-state index contributed by atoms with van der Waals surface area (Å²) in [7, 11) is 0. The smallest absolute Gasteiger partial charge is 0.318 e. The van der Waals surface area contributed by atoms with Crippen LogP contribution in [0.3, 0.4) is 0 Å². The molecule has 2 aromatic heterocycles. The van der Waals surface area contributed by atoms with Crippen LogP contribution < -0.4 is 4.90 Å². The van der Waals surface area contributed by atoms with E-state index in [4.69, 9.17) is 13.6 Å². The van der Waals surface area contributed by atoms with Crippen LogP contribution >= 0.6 is 0 Å². The number of nitrogens with zero attached hydrogens (tertiary/aromatic N) is 4. The predicted molar refractivity (Wildman–Crippen MR) is 92.5 cm³/mol. The zero-order valence-corrected chi connectivity index (χ0v) is 15.0. The van der Waals surface area contributed by atoms with Gasteiger partial charge in [0.1, 0.15) is 11.5 Å².